The van der Waals surface area contributed by atoms with Crippen molar-refractivity contribution in [2.45, 2.75) is 24.7 Å². The first kappa shape index (κ1) is 15.3. The van der Waals surface area contributed by atoms with E-state index in [0.717, 1.165) is 0 Å². The van der Waals surface area contributed by atoms with Crippen LogP contribution in [0.3, 0.4) is 0 Å². The number of nitrogens with one attached hydrogen (secondary N) is 1. The Morgan fingerprint density at radius 3 is 2.42 bits per heavy atom. The molecule has 1 aromatic rings. The van der Waals surface area contributed by atoms with Gasteiger partial charge in [-0.1, -0.05) is 12.1 Å². The minimum absolute atomic E-state index is 0.0206. The lowest BCUT2D eigenvalue weighted by Crippen LogP contribution is -2.19. The molecule has 0 saturated heterocycles. The summed E-state index contributed by atoms with van der Waals surface area (Å²) < 4.78 is 22.7. The molecule has 0 atom stereocenters. The third-order valence-electron chi connectivity index (χ3n) is 2.67. The summed E-state index contributed by atoms with van der Waals surface area (Å²) in [5.74, 6) is -0.541. The molecule has 1 amide bonds. The first-order chi connectivity index (χ1) is 8.75. The van der Waals surface area contributed by atoms with E-state index in [0.29, 0.717) is 5.56 Å². The number of sulfonamides is 1. The molecule has 0 radical (unpaired) electrons. The highest BCUT2D eigenvalue weighted by atomic mass is 32.2. The van der Waals surface area contributed by atoms with Crippen molar-refractivity contribution >= 4 is 21.7 Å². The number of aryl methyl sites for hydroxylation is 1. The minimum atomic E-state index is -3.86. The van der Waals surface area contributed by atoms with Crippen LogP contribution in [0, 0.1) is 6.92 Å². The van der Waals surface area contributed by atoms with Gasteiger partial charge < -0.3 is 5.32 Å². The van der Waals surface area contributed by atoms with Gasteiger partial charge in [-0.25, -0.2) is 13.6 Å². The number of amides is 1. The SMILES string of the molecule is CNC(=O)CCC(=O)c1ccc(C)c(S(N)(=O)=O)c1. The van der Waals surface area contributed by atoms with Gasteiger partial charge in [0.05, 0.1) is 4.90 Å². The molecule has 6 nitrogen and oxygen atoms in total. The maximum Gasteiger partial charge on any atom is 0.238 e. The van der Waals surface area contributed by atoms with E-state index in [1.807, 2.05) is 0 Å². The van der Waals surface area contributed by atoms with Crippen LogP contribution < -0.4 is 10.5 Å². The lowest BCUT2D eigenvalue weighted by atomic mass is 10.0. The van der Waals surface area contributed by atoms with Crippen LogP contribution >= 0.6 is 0 Å². The molecule has 0 unspecified atom stereocenters. The fourth-order valence-electron chi connectivity index (χ4n) is 1.58. The second kappa shape index (κ2) is 5.94. The molecule has 7 heteroatoms. The zero-order valence-electron chi connectivity index (χ0n) is 10.8. The number of carbonyl (C=O) groups excluding carboxylic acids is 2. The zero-order valence-corrected chi connectivity index (χ0v) is 11.6. The molecule has 3 N–H and O–H groups in total. The first-order valence-electron chi connectivity index (χ1n) is 5.63. The predicted octanol–water partition coefficient (Wildman–Crippen LogP) is 0.351. The molecule has 0 spiro atoms. The minimum Gasteiger partial charge on any atom is -0.359 e. The molecular formula is C12H16N2O4S. The fraction of sp³-hybridized carbons (Fsp3) is 0.333. The molecule has 19 heavy (non-hydrogen) atoms. The van der Waals surface area contributed by atoms with Gasteiger partial charge in [0, 0.05) is 25.5 Å². The predicted molar refractivity (Wildman–Crippen MR) is 70.2 cm³/mol. The van der Waals surface area contributed by atoms with Gasteiger partial charge >= 0.3 is 0 Å². The van der Waals surface area contributed by atoms with Gasteiger partial charge in [-0.05, 0) is 18.6 Å². The number of rotatable bonds is 5. The van der Waals surface area contributed by atoms with Gasteiger partial charge in [-0.15, -0.1) is 0 Å². The Morgan fingerprint density at radius 1 is 1.26 bits per heavy atom. The second-order valence-electron chi connectivity index (χ2n) is 4.12. The normalized spacial score (nSPS) is 11.1. The van der Waals surface area contributed by atoms with E-state index in [-0.39, 0.29) is 35.0 Å². The number of nitrogens with two attached hydrogens (primary N) is 1. The molecule has 104 valence electrons. The van der Waals surface area contributed by atoms with Crippen LogP contribution in [0.2, 0.25) is 0 Å². The van der Waals surface area contributed by atoms with Gasteiger partial charge in [0.1, 0.15) is 0 Å². The van der Waals surface area contributed by atoms with Gasteiger partial charge in [-0.3, -0.25) is 9.59 Å². The van der Waals surface area contributed by atoms with E-state index in [1.54, 1.807) is 6.92 Å². The third-order valence-corrected chi connectivity index (χ3v) is 3.73. The number of carbonyl (C=O) groups is 2. The molecule has 0 bridgehead atoms. The molecular weight excluding hydrogens is 268 g/mol. The lowest BCUT2D eigenvalue weighted by molar-refractivity contribution is -0.120. The van der Waals surface area contributed by atoms with Gasteiger partial charge in [0.15, 0.2) is 5.78 Å². The number of primary sulfonamides is 1. The summed E-state index contributed by atoms with van der Waals surface area (Å²) in [6.45, 7) is 1.60. The molecule has 0 aliphatic rings. The van der Waals surface area contributed by atoms with Gasteiger partial charge in [0.25, 0.3) is 0 Å². The standard InChI is InChI=1S/C12H16N2O4S/c1-8-3-4-9(7-11(8)19(13,17)18)10(15)5-6-12(16)14-2/h3-4,7H,5-6H2,1-2H3,(H,14,16)(H2,13,17,18). The molecule has 1 aromatic carbocycles. The van der Waals surface area contributed by atoms with E-state index in [9.17, 15) is 18.0 Å². The third kappa shape index (κ3) is 4.15. The van der Waals surface area contributed by atoms with Crippen LogP contribution in [0.4, 0.5) is 0 Å². The zero-order chi connectivity index (χ0) is 14.6. The van der Waals surface area contributed by atoms with E-state index < -0.39 is 10.0 Å². The van der Waals surface area contributed by atoms with Crippen molar-refractivity contribution in [2.75, 3.05) is 7.05 Å². The Hall–Kier alpha value is -1.73. The average molecular weight is 284 g/mol. The Balaban J connectivity index is 2.97. The summed E-state index contributed by atoms with van der Waals surface area (Å²) in [6.07, 6.45) is 0.0840. The Morgan fingerprint density at radius 2 is 1.89 bits per heavy atom. The molecule has 0 heterocycles. The topological polar surface area (TPSA) is 106 Å². The summed E-state index contributed by atoms with van der Waals surface area (Å²) >= 11 is 0. The molecule has 0 fully saturated rings. The Kier molecular flexibility index (Phi) is 4.79. The van der Waals surface area contributed by atoms with Crippen LogP contribution in [0.5, 0.6) is 0 Å². The monoisotopic (exact) mass is 284 g/mol. The summed E-state index contributed by atoms with van der Waals surface area (Å²) in [7, 11) is -2.37. The van der Waals surface area contributed by atoms with Crippen LogP contribution in [0.1, 0.15) is 28.8 Å². The van der Waals surface area contributed by atoms with Crippen molar-refractivity contribution in [1.82, 2.24) is 5.32 Å². The number of hydrogen-bond acceptors (Lipinski definition) is 4. The van der Waals surface area contributed by atoms with E-state index in [2.05, 4.69) is 5.32 Å². The summed E-state index contributed by atoms with van der Waals surface area (Å²) in [5.41, 5.74) is 0.712. The van der Waals surface area contributed by atoms with Crippen molar-refractivity contribution in [3.05, 3.63) is 29.3 Å². The lowest BCUT2D eigenvalue weighted by Gasteiger charge is -2.06. The van der Waals surface area contributed by atoms with Crippen molar-refractivity contribution < 1.29 is 18.0 Å². The molecule has 0 aliphatic carbocycles. The Labute approximate surface area is 112 Å². The van der Waals surface area contributed by atoms with Gasteiger partial charge in [0.2, 0.25) is 15.9 Å². The van der Waals surface area contributed by atoms with E-state index >= 15 is 0 Å². The smallest absolute Gasteiger partial charge is 0.238 e. The van der Waals surface area contributed by atoms with E-state index in [4.69, 9.17) is 5.14 Å². The van der Waals surface area contributed by atoms with Gasteiger partial charge in [-0.2, -0.15) is 0 Å². The Bertz CT molecular complexity index is 608. The van der Waals surface area contributed by atoms with Crippen LogP contribution in [0.25, 0.3) is 0 Å². The molecule has 0 saturated carbocycles. The van der Waals surface area contributed by atoms with Crippen molar-refractivity contribution in [1.29, 1.82) is 0 Å². The maximum atomic E-state index is 11.8. The first-order valence-corrected chi connectivity index (χ1v) is 7.17. The fourth-order valence-corrected chi connectivity index (χ4v) is 2.38. The highest BCUT2D eigenvalue weighted by Gasteiger charge is 2.15. The average Bonchev–Trinajstić information content (AvgIpc) is 2.34. The number of hydrogen-bond donors (Lipinski definition) is 2. The molecule has 1 rings (SSSR count). The highest BCUT2D eigenvalue weighted by Crippen LogP contribution is 2.17. The second-order valence-corrected chi connectivity index (χ2v) is 5.65. The number of Topliss-reactive ketones (excluding diaryl/α,β-unsaturated/α-hetero) is 1. The summed E-state index contributed by atoms with van der Waals surface area (Å²) in [4.78, 5) is 22.8. The number of benzene rings is 1. The molecule has 0 aliphatic heterocycles. The number of ketones is 1. The summed E-state index contributed by atoms with van der Waals surface area (Å²) in [6, 6.07) is 4.29. The molecule has 0 aromatic heterocycles. The summed E-state index contributed by atoms with van der Waals surface area (Å²) in [5, 5.41) is 7.48. The van der Waals surface area contributed by atoms with Crippen molar-refractivity contribution in [3.63, 3.8) is 0 Å². The highest BCUT2D eigenvalue weighted by molar-refractivity contribution is 7.89. The maximum absolute atomic E-state index is 11.8. The van der Waals surface area contributed by atoms with Crippen molar-refractivity contribution in [3.8, 4) is 0 Å². The van der Waals surface area contributed by atoms with Crippen LogP contribution in [-0.4, -0.2) is 27.2 Å². The van der Waals surface area contributed by atoms with Crippen LogP contribution in [0.15, 0.2) is 23.1 Å². The van der Waals surface area contributed by atoms with Crippen LogP contribution in [-0.2, 0) is 14.8 Å². The quantitative estimate of drug-likeness (QED) is 0.761. The van der Waals surface area contributed by atoms with Crippen molar-refractivity contribution in [2.24, 2.45) is 5.14 Å². The largest absolute Gasteiger partial charge is 0.359 e. The van der Waals surface area contributed by atoms with E-state index in [1.165, 1.54) is 25.2 Å².